The van der Waals surface area contributed by atoms with E-state index in [0.29, 0.717) is 10.9 Å². The second kappa shape index (κ2) is 2.80. The number of halogens is 2. The van der Waals surface area contributed by atoms with Crippen LogP contribution in [0.25, 0.3) is 10.9 Å². The van der Waals surface area contributed by atoms with Crippen LogP contribution in [0.5, 0.6) is 0 Å². The molecule has 0 fully saturated rings. The second-order valence-corrected chi connectivity index (χ2v) is 2.78. The van der Waals surface area contributed by atoms with Crippen molar-refractivity contribution in [3.05, 3.63) is 22.8 Å². The minimum absolute atomic E-state index is 0.233. The highest BCUT2D eigenvalue weighted by molar-refractivity contribution is 6.37. The summed E-state index contributed by atoms with van der Waals surface area (Å²) < 4.78 is 0. The monoisotopic (exact) mass is 200 g/mol. The first-order valence-electron chi connectivity index (χ1n) is 3.06. The molecule has 0 aliphatic rings. The molecule has 2 rings (SSSR count). The van der Waals surface area contributed by atoms with E-state index in [1.807, 2.05) is 0 Å². The van der Waals surface area contributed by atoms with Gasteiger partial charge in [-0.25, -0.2) is 9.97 Å². The van der Waals surface area contributed by atoms with E-state index in [4.69, 9.17) is 23.2 Å². The number of fused-ring (bicyclic) bond motifs is 1. The van der Waals surface area contributed by atoms with Crippen molar-refractivity contribution in [3.8, 4) is 0 Å². The maximum atomic E-state index is 5.72. The maximum absolute atomic E-state index is 5.72. The molecule has 4 nitrogen and oxygen atoms in total. The van der Waals surface area contributed by atoms with Crippen molar-refractivity contribution in [3.63, 3.8) is 0 Å². The molecule has 0 bridgehead atoms. The smallest absolute Gasteiger partial charge is 0.178 e. The van der Waals surface area contributed by atoms with Gasteiger partial charge in [0.05, 0.1) is 5.39 Å². The third-order valence-electron chi connectivity index (χ3n) is 1.36. The highest BCUT2D eigenvalue weighted by Gasteiger charge is 2.05. The van der Waals surface area contributed by atoms with Crippen molar-refractivity contribution in [2.24, 2.45) is 0 Å². The van der Waals surface area contributed by atoms with E-state index in [2.05, 4.69) is 20.2 Å². The molecular weight excluding hydrogens is 199 g/mol. The van der Waals surface area contributed by atoms with Crippen LogP contribution in [0, 0.1) is 0 Å². The topological polar surface area (TPSA) is 51.6 Å². The minimum atomic E-state index is 0.233. The van der Waals surface area contributed by atoms with Gasteiger partial charge in [0.25, 0.3) is 0 Å². The van der Waals surface area contributed by atoms with E-state index in [9.17, 15) is 0 Å². The lowest BCUT2D eigenvalue weighted by Gasteiger charge is -1.96. The fraction of sp³-hybridized carbons (Fsp3) is 0. The van der Waals surface area contributed by atoms with Gasteiger partial charge in [-0.05, 0) is 0 Å². The molecule has 0 unspecified atom stereocenters. The van der Waals surface area contributed by atoms with Crippen LogP contribution in [0.1, 0.15) is 0 Å². The zero-order valence-electron chi connectivity index (χ0n) is 5.70. The predicted molar refractivity (Wildman–Crippen MR) is 45.1 cm³/mol. The van der Waals surface area contributed by atoms with Crippen molar-refractivity contribution in [1.82, 2.24) is 20.2 Å². The van der Waals surface area contributed by atoms with E-state index in [0.717, 1.165) is 0 Å². The Morgan fingerprint density at radius 2 is 1.83 bits per heavy atom. The number of hydrogen-bond donors (Lipinski definition) is 0. The van der Waals surface area contributed by atoms with E-state index in [1.54, 1.807) is 6.20 Å². The summed E-state index contributed by atoms with van der Waals surface area (Å²) >= 11 is 11.4. The number of rotatable bonds is 0. The Balaban J connectivity index is 2.95. The summed E-state index contributed by atoms with van der Waals surface area (Å²) in [5.41, 5.74) is 0.520. The van der Waals surface area contributed by atoms with Gasteiger partial charge in [-0.2, -0.15) is 0 Å². The molecule has 6 heteroatoms. The third kappa shape index (κ3) is 1.09. The van der Waals surface area contributed by atoms with Crippen LogP contribution in [0.3, 0.4) is 0 Å². The normalized spacial score (nSPS) is 10.5. The van der Waals surface area contributed by atoms with Gasteiger partial charge in [0.1, 0.15) is 11.8 Å². The van der Waals surface area contributed by atoms with Crippen molar-refractivity contribution in [1.29, 1.82) is 0 Å². The Labute approximate surface area is 77.6 Å². The summed E-state index contributed by atoms with van der Waals surface area (Å²) in [6.45, 7) is 0. The fourth-order valence-electron chi connectivity index (χ4n) is 0.834. The van der Waals surface area contributed by atoms with Crippen LogP contribution in [-0.2, 0) is 0 Å². The molecule has 0 N–H and O–H groups in total. The average molecular weight is 201 g/mol. The van der Waals surface area contributed by atoms with E-state index in [1.165, 1.54) is 6.33 Å². The van der Waals surface area contributed by atoms with Crippen molar-refractivity contribution in [2.75, 3.05) is 0 Å². The summed E-state index contributed by atoms with van der Waals surface area (Å²) in [4.78, 5) is 7.70. The number of aromatic nitrogens is 4. The van der Waals surface area contributed by atoms with E-state index in [-0.39, 0.29) is 10.3 Å². The molecule has 0 saturated heterocycles. The van der Waals surface area contributed by atoms with E-state index >= 15 is 0 Å². The molecular formula is C6H2Cl2N4. The molecule has 0 aromatic carbocycles. The first-order valence-corrected chi connectivity index (χ1v) is 3.82. The maximum Gasteiger partial charge on any atom is 0.178 e. The Morgan fingerprint density at radius 1 is 1.08 bits per heavy atom. The molecule has 0 amide bonds. The Kier molecular flexibility index (Phi) is 1.78. The molecule has 0 saturated carbocycles. The summed E-state index contributed by atoms with van der Waals surface area (Å²) in [6.07, 6.45) is 2.93. The van der Waals surface area contributed by atoms with Crippen LogP contribution in [0.4, 0.5) is 0 Å². The summed E-state index contributed by atoms with van der Waals surface area (Å²) in [6, 6.07) is 0. The lowest BCUT2D eigenvalue weighted by Crippen LogP contribution is -1.89. The number of hydrogen-bond acceptors (Lipinski definition) is 4. The quantitative estimate of drug-likeness (QED) is 0.651. The molecule has 0 spiro atoms. The van der Waals surface area contributed by atoms with Crippen molar-refractivity contribution >= 4 is 34.1 Å². The van der Waals surface area contributed by atoms with Crippen LogP contribution in [0.2, 0.25) is 10.3 Å². The van der Waals surface area contributed by atoms with Crippen molar-refractivity contribution < 1.29 is 0 Å². The van der Waals surface area contributed by atoms with Gasteiger partial charge in [0.15, 0.2) is 10.3 Å². The van der Waals surface area contributed by atoms with Gasteiger partial charge in [0, 0.05) is 6.20 Å². The van der Waals surface area contributed by atoms with Gasteiger partial charge in [-0.1, -0.05) is 23.2 Å². The fourth-order valence-corrected chi connectivity index (χ4v) is 1.20. The minimum Gasteiger partial charge on any atom is -0.244 e. The Morgan fingerprint density at radius 3 is 2.58 bits per heavy atom. The standard InChI is InChI=1S/C6H2Cl2N4/c7-5-3-1-9-2-10-4(3)6(8)12-11-5/h1-2H. The van der Waals surface area contributed by atoms with Crippen molar-refractivity contribution in [2.45, 2.75) is 0 Å². The Bertz CT molecular complexity index is 390. The molecule has 2 aromatic heterocycles. The summed E-state index contributed by atoms with van der Waals surface area (Å²) in [5.74, 6) is 0. The molecule has 0 aliphatic carbocycles. The third-order valence-corrected chi connectivity index (χ3v) is 1.89. The molecule has 12 heavy (non-hydrogen) atoms. The first kappa shape index (κ1) is 7.64. The van der Waals surface area contributed by atoms with Crippen LogP contribution in [0.15, 0.2) is 12.5 Å². The highest BCUT2D eigenvalue weighted by Crippen LogP contribution is 2.21. The molecule has 2 heterocycles. The van der Waals surface area contributed by atoms with Crippen LogP contribution >= 0.6 is 23.2 Å². The largest absolute Gasteiger partial charge is 0.244 e. The lowest BCUT2D eigenvalue weighted by atomic mass is 10.4. The zero-order chi connectivity index (χ0) is 8.55. The highest BCUT2D eigenvalue weighted by atomic mass is 35.5. The van der Waals surface area contributed by atoms with E-state index < -0.39 is 0 Å². The van der Waals surface area contributed by atoms with Crippen LogP contribution in [-0.4, -0.2) is 20.2 Å². The molecule has 60 valence electrons. The first-order chi connectivity index (χ1) is 5.79. The van der Waals surface area contributed by atoms with Gasteiger partial charge in [-0.15, -0.1) is 10.2 Å². The molecule has 2 aromatic rings. The van der Waals surface area contributed by atoms with Gasteiger partial charge in [-0.3, -0.25) is 0 Å². The van der Waals surface area contributed by atoms with Gasteiger partial charge < -0.3 is 0 Å². The lowest BCUT2D eigenvalue weighted by molar-refractivity contribution is 1.04. The SMILES string of the molecule is Clc1nnc(Cl)c2ncncc12. The van der Waals surface area contributed by atoms with Gasteiger partial charge >= 0.3 is 0 Å². The van der Waals surface area contributed by atoms with Crippen LogP contribution < -0.4 is 0 Å². The average Bonchev–Trinajstić information content (AvgIpc) is 2.12. The second-order valence-electron chi connectivity index (χ2n) is 2.07. The molecule has 0 atom stereocenters. The Hall–Kier alpha value is -1.00. The summed E-state index contributed by atoms with van der Waals surface area (Å²) in [5, 5.41) is 8.31. The molecule has 0 radical (unpaired) electrons. The summed E-state index contributed by atoms with van der Waals surface area (Å²) in [7, 11) is 0. The zero-order valence-corrected chi connectivity index (χ0v) is 7.21. The predicted octanol–water partition coefficient (Wildman–Crippen LogP) is 1.73. The molecule has 0 aliphatic heterocycles. The number of nitrogens with zero attached hydrogens (tertiary/aromatic N) is 4. The van der Waals surface area contributed by atoms with Gasteiger partial charge in [0.2, 0.25) is 0 Å².